The molecule has 3 aliphatic heterocycles. The van der Waals surface area contributed by atoms with Gasteiger partial charge in [-0.1, -0.05) is 52.1 Å². The number of piperidine rings is 1. The molecule has 0 radical (unpaired) electrons. The van der Waals surface area contributed by atoms with Gasteiger partial charge in [-0.3, -0.25) is 4.98 Å². The molecule has 1 fully saturated rings. The van der Waals surface area contributed by atoms with Gasteiger partial charge in [0.05, 0.1) is 22.8 Å². The predicted molar refractivity (Wildman–Crippen MR) is 247 cm³/mol. The first-order chi connectivity index (χ1) is 28.9. The third-order valence-electron chi connectivity index (χ3n) is 12.3. The van der Waals surface area contributed by atoms with Gasteiger partial charge in [-0.05, 0) is 118 Å². The number of aliphatic imine (C=N–C) groups is 1. The molecule has 2 aromatic carbocycles. The number of aryl methyl sites for hydroxylation is 1. The van der Waals surface area contributed by atoms with Gasteiger partial charge in [-0.25, -0.2) is 13.8 Å². The van der Waals surface area contributed by atoms with Gasteiger partial charge in [-0.2, -0.15) is 0 Å². The topological polar surface area (TPSA) is 94.9 Å². The summed E-state index contributed by atoms with van der Waals surface area (Å²) < 4.78 is 30.4. The standard InChI is InChI=1S/C49H63F2N9/c1-9-54-33(3)16-15-32(2)48-42(50)27-37(28-43(48)51)19-23-59-24-20-40(21-25-59)58(8)36(6)38-17-18-45-47(30-38)60-22-13-11-10-12-14-44(53-7)41(31-52)46-29-39(26-34(4)55-46)35(5)56-49(60)57-45/h9,17-18,26-32,40,52-54H,1,3,5-6,10-16,19-25H2,2,4,7-8H3,(H,56,57)/b44-41+,52-31?. The van der Waals surface area contributed by atoms with Crippen molar-refractivity contribution in [2.75, 3.05) is 50.5 Å². The molecule has 4 N–H and O–H groups in total. The number of nitrogens with one attached hydrogen (secondary N) is 4. The van der Waals surface area contributed by atoms with E-state index in [1.807, 2.05) is 33.0 Å². The van der Waals surface area contributed by atoms with Crippen molar-refractivity contribution in [1.82, 2.24) is 25.4 Å². The molecule has 3 aliphatic rings. The van der Waals surface area contributed by atoms with Crippen LogP contribution in [0.25, 0.3) is 17.0 Å². The van der Waals surface area contributed by atoms with E-state index in [1.54, 1.807) is 6.20 Å². The molecule has 0 spiro atoms. The van der Waals surface area contributed by atoms with E-state index >= 15 is 8.78 Å². The molecule has 3 aromatic rings. The Kier molecular flexibility index (Phi) is 14.8. The van der Waals surface area contributed by atoms with Crippen LogP contribution in [0.4, 0.5) is 20.2 Å². The van der Waals surface area contributed by atoms with Gasteiger partial charge in [-0.15, -0.1) is 0 Å². The molecule has 4 heterocycles. The first-order valence-electron chi connectivity index (χ1n) is 21.4. The van der Waals surface area contributed by atoms with Gasteiger partial charge >= 0.3 is 0 Å². The minimum absolute atomic E-state index is 0.150. The molecule has 0 saturated carbocycles. The van der Waals surface area contributed by atoms with Crippen molar-refractivity contribution in [2.24, 2.45) is 4.99 Å². The highest BCUT2D eigenvalue weighted by Gasteiger charge is 2.29. The Morgan fingerprint density at radius 3 is 2.48 bits per heavy atom. The number of aromatic nitrogens is 1. The SMILES string of the molecule is C=CNC(=C)CCC(C)c1c(F)cc(CCN2CCC(N(C)C(=C)c3ccc4c(c3)N3CCCCCC/C(NC)=C(/C=N)c5cc(cc(C)n5)C(=C)/N=C/3N4)CC2)cc1F. The molecule has 9 nitrogen and oxygen atoms in total. The summed E-state index contributed by atoms with van der Waals surface area (Å²) in [6, 6.07) is 13.8. The maximum absolute atomic E-state index is 15.2. The molecule has 6 rings (SSSR count). The fourth-order valence-electron chi connectivity index (χ4n) is 8.70. The Morgan fingerprint density at radius 1 is 1.05 bits per heavy atom. The summed E-state index contributed by atoms with van der Waals surface area (Å²) in [5.74, 6) is -0.455. The number of anilines is 2. The van der Waals surface area contributed by atoms with E-state index in [1.165, 1.54) is 18.3 Å². The minimum atomic E-state index is -0.470. The van der Waals surface area contributed by atoms with Gasteiger partial charge in [0.1, 0.15) is 11.6 Å². The average Bonchev–Trinajstić information content (AvgIpc) is 3.57. The Bertz CT molecular complexity index is 2140. The van der Waals surface area contributed by atoms with E-state index in [0.717, 1.165) is 134 Å². The molecule has 1 atom stereocenters. The van der Waals surface area contributed by atoms with E-state index in [4.69, 9.17) is 15.4 Å². The summed E-state index contributed by atoms with van der Waals surface area (Å²) >= 11 is 0. The van der Waals surface area contributed by atoms with Crippen LogP contribution in [0.15, 0.2) is 91.4 Å². The largest absolute Gasteiger partial charge is 0.391 e. The molecule has 0 amide bonds. The van der Waals surface area contributed by atoms with Crippen LogP contribution in [0.2, 0.25) is 0 Å². The third-order valence-corrected chi connectivity index (χ3v) is 12.3. The van der Waals surface area contributed by atoms with E-state index in [9.17, 15) is 0 Å². The number of hydrogen-bond acceptors (Lipinski definition) is 9. The third kappa shape index (κ3) is 10.4. The molecular weight excluding hydrogens is 753 g/mol. The predicted octanol–water partition coefficient (Wildman–Crippen LogP) is 10.2. The Balaban J connectivity index is 1.09. The van der Waals surface area contributed by atoms with Crippen LogP contribution in [-0.2, 0) is 6.42 Å². The van der Waals surface area contributed by atoms with Crippen LogP contribution in [0.5, 0.6) is 0 Å². The number of hydrogen-bond donors (Lipinski definition) is 4. The Morgan fingerprint density at radius 2 is 1.78 bits per heavy atom. The number of allylic oxidation sites excluding steroid dienone is 3. The second-order valence-corrected chi connectivity index (χ2v) is 16.5. The highest BCUT2D eigenvalue weighted by Crippen LogP contribution is 2.38. The van der Waals surface area contributed by atoms with E-state index in [0.29, 0.717) is 36.6 Å². The van der Waals surface area contributed by atoms with Crippen LogP contribution in [-0.4, -0.2) is 73.3 Å². The fourth-order valence-corrected chi connectivity index (χ4v) is 8.70. The highest BCUT2D eigenvalue weighted by molar-refractivity contribution is 6.16. The van der Waals surface area contributed by atoms with Crippen molar-refractivity contribution in [3.05, 3.63) is 132 Å². The Hall–Kier alpha value is -5.55. The maximum atomic E-state index is 15.2. The highest BCUT2D eigenvalue weighted by atomic mass is 19.1. The summed E-state index contributed by atoms with van der Waals surface area (Å²) in [5, 5.41) is 18.1. The normalized spacial score (nSPS) is 19.1. The molecule has 60 heavy (non-hydrogen) atoms. The zero-order valence-electron chi connectivity index (χ0n) is 36.1. The van der Waals surface area contributed by atoms with Crippen LogP contribution in [0, 0.1) is 24.0 Å². The number of rotatable bonds is 14. The van der Waals surface area contributed by atoms with Gasteiger partial charge in [0.15, 0.2) is 0 Å². The lowest BCUT2D eigenvalue weighted by molar-refractivity contribution is 0.162. The molecule has 0 aliphatic carbocycles. The number of halogens is 2. The summed E-state index contributed by atoms with van der Waals surface area (Å²) in [6.45, 7) is 23.7. The number of likely N-dealkylation sites (tertiary alicyclic amines) is 1. The zero-order chi connectivity index (χ0) is 42.9. The molecule has 1 unspecified atom stereocenters. The first-order valence-corrected chi connectivity index (χ1v) is 21.4. The number of fused-ring (bicyclic) bond motifs is 5. The average molecular weight is 816 g/mol. The van der Waals surface area contributed by atoms with Crippen molar-refractivity contribution < 1.29 is 8.78 Å². The van der Waals surface area contributed by atoms with E-state index in [2.05, 4.69) is 82.2 Å². The molecule has 318 valence electrons. The number of pyridine rings is 1. The van der Waals surface area contributed by atoms with Gasteiger partial charge in [0.25, 0.3) is 0 Å². The second-order valence-electron chi connectivity index (χ2n) is 16.5. The van der Waals surface area contributed by atoms with Crippen LogP contribution < -0.4 is 20.9 Å². The lowest BCUT2D eigenvalue weighted by atomic mass is 9.93. The van der Waals surface area contributed by atoms with Gasteiger partial charge in [0, 0.05) is 92.0 Å². The number of benzene rings is 2. The van der Waals surface area contributed by atoms with E-state index < -0.39 is 11.6 Å². The molecular formula is C49H63F2N9. The van der Waals surface area contributed by atoms with Crippen molar-refractivity contribution >= 4 is 40.5 Å². The molecule has 2 bridgehead atoms. The number of guanidine groups is 1. The van der Waals surface area contributed by atoms with Crippen molar-refractivity contribution in [1.29, 1.82) is 5.41 Å². The molecule has 1 aromatic heterocycles. The summed E-state index contributed by atoms with van der Waals surface area (Å²) in [7, 11) is 4.05. The van der Waals surface area contributed by atoms with Gasteiger partial charge < -0.3 is 36.1 Å². The summed E-state index contributed by atoms with van der Waals surface area (Å²) in [5.41, 5.74) is 10.6. The van der Waals surface area contributed by atoms with E-state index in [-0.39, 0.29) is 11.5 Å². The lowest BCUT2D eigenvalue weighted by Gasteiger charge is -2.38. The van der Waals surface area contributed by atoms with Crippen molar-refractivity contribution in [3.63, 3.8) is 0 Å². The van der Waals surface area contributed by atoms with Crippen molar-refractivity contribution in [2.45, 2.75) is 90.0 Å². The van der Waals surface area contributed by atoms with Crippen LogP contribution in [0.3, 0.4) is 0 Å². The smallest absolute Gasteiger partial charge is 0.208 e. The quantitative estimate of drug-likeness (QED) is 0.120. The second kappa shape index (κ2) is 20.1. The van der Waals surface area contributed by atoms with Gasteiger partial charge in [0.2, 0.25) is 5.96 Å². The van der Waals surface area contributed by atoms with Crippen LogP contribution >= 0.6 is 0 Å². The summed E-state index contributed by atoms with van der Waals surface area (Å²) in [4.78, 5) is 16.8. The summed E-state index contributed by atoms with van der Waals surface area (Å²) in [6.07, 6.45) is 11.7. The zero-order valence-corrected chi connectivity index (χ0v) is 36.1. The number of nitrogens with zero attached hydrogens (tertiary/aromatic N) is 5. The van der Waals surface area contributed by atoms with Crippen molar-refractivity contribution in [3.8, 4) is 0 Å². The van der Waals surface area contributed by atoms with Crippen LogP contribution in [0.1, 0.15) is 104 Å². The fraction of sp³-hybridized carbons (Fsp3) is 0.408. The first kappa shape index (κ1) is 44.0. The molecule has 11 heteroatoms. The maximum Gasteiger partial charge on any atom is 0.208 e. The Labute approximate surface area is 356 Å². The molecule has 1 saturated heterocycles. The monoisotopic (exact) mass is 816 g/mol. The lowest BCUT2D eigenvalue weighted by Crippen LogP contribution is -2.43. The minimum Gasteiger partial charge on any atom is -0.391 e.